The van der Waals surface area contributed by atoms with Gasteiger partial charge in [0.05, 0.1) is 12.2 Å². The molecule has 0 aliphatic carbocycles. The second kappa shape index (κ2) is 8.36. The van der Waals surface area contributed by atoms with E-state index in [0.29, 0.717) is 17.3 Å². The molecule has 1 saturated heterocycles. The van der Waals surface area contributed by atoms with Crippen LogP contribution < -0.4 is 10.1 Å². The zero-order chi connectivity index (χ0) is 15.9. The quantitative estimate of drug-likeness (QED) is 0.868. The van der Waals surface area contributed by atoms with E-state index < -0.39 is 0 Å². The third-order valence-electron chi connectivity index (χ3n) is 3.43. The van der Waals surface area contributed by atoms with Crippen molar-refractivity contribution in [3.05, 3.63) is 29.3 Å². The van der Waals surface area contributed by atoms with Gasteiger partial charge in [-0.1, -0.05) is 11.6 Å². The number of ether oxygens (including phenoxy) is 2. The second-order valence-corrected chi connectivity index (χ2v) is 6.05. The number of hydrogen-bond donors (Lipinski definition) is 1. The Labute approximate surface area is 136 Å². The minimum absolute atomic E-state index is 0.0115. The Balaban J connectivity index is 1.62. The number of halogens is 1. The average molecular weight is 327 g/mol. The fraction of sp³-hybridized carbons (Fsp3) is 0.562. The van der Waals surface area contributed by atoms with Crippen LogP contribution in [-0.4, -0.2) is 55.8 Å². The topological polar surface area (TPSA) is 50.8 Å². The van der Waals surface area contributed by atoms with Crippen molar-refractivity contribution in [2.45, 2.75) is 26.1 Å². The van der Waals surface area contributed by atoms with E-state index in [2.05, 4.69) is 24.1 Å². The molecule has 2 unspecified atom stereocenters. The number of carbonyl (C=O) groups is 1. The first kappa shape index (κ1) is 17.1. The molecule has 6 heteroatoms. The van der Waals surface area contributed by atoms with Crippen LogP contribution in [-0.2, 0) is 9.53 Å². The van der Waals surface area contributed by atoms with Crippen molar-refractivity contribution in [2.24, 2.45) is 0 Å². The number of nitrogens with one attached hydrogen (secondary N) is 1. The van der Waals surface area contributed by atoms with Crippen LogP contribution in [0.2, 0.25) is 5.02 Å². The molecule has 1 heterocycles. The van der Waals surface area contributed by atoms with Gasteiger partial charge in [-0.25, -0.2) is 0 Å². The molecule has 1 aromatic rings. The summed E-state index contributed by atoms with van der Waals surface area (Å²) < 4.78 is 11.1. The van der Waals surface area contributed by atoms with E-state index in [4.69, 9.17) is 21.1 Å². The largest absolute Gasteiger partial charge is 0.484 e. The SMILES string of the molecule is CC1CN(CCNC(=O)COc2ccc(Cl)cc2)CC(C)O1. The molecule has 122 valence electrons. The van der Waals surface area contributed by atoms with Crippen molar-refractivity contribution in [3.8, 4) is 5.75 Å². The molecule has 1 amide bonds. The summed E-state index contributed by atoms with van der Waals surface area (Å²) in [6.07, 6.45) is 0.486. The molecule has 1 aliphatic heterocycles. The van der Waals surface area contributed by atoms with Gasteiger partial charge in [0.25, 0.3) is 5.91 Å². The third kappa shape index (κ3) is 5.83. The van der Waals surface area contributed by atoms with Gasteiger partial charge in [0, 0.05) is 31.2 Å². The Bertz CT molecular complexity index is 471. The van der Waals surface area contributed by atoms with Gasteiger partial charge >= 0.3 is 0 Å². The van der Waals surface area contributed by atoms with Crippen LogP contribution in [0.5, 0.6) is 5.75 Å². The summed E-state index contributed by atoms with van der Waals surface area (Å²) in [5.41, 5.74) is 0. The van der Waals surface area contributed by atoms with E-state index in [-0.39, 0.29) is 24.7 Å². The minimum atomic E-state index is -0.121. The first-order valence-electron chi connectivity index (χ1n) is 7.56. The molecule has 2 atom stereocenters. The van der Waals surface area contributed by atoms with Crippen LogP contribution >= 0.6 is 11.6 Å². The fourth-order valence-electron chi connectivity index (χ4n) is 2.55. The normalized spacial score (nSPS) is 22.3. The molecule has 22 heavy (non-hydrogen) atoms. The van der Waals surface area contributed by atoms with Crippen LogP contribution in [0.3, 0.4) is 0 Å². The first-order valence-corrected chi connectivity index (χ1v) is 7.93. The second-order valence-electron chi connectivity index (χ2n) is 5.61. The lowest BCUT2D eigenvalue weighted by Crippen LogP contribution is -2.48. The van der Waals surface area contributed by atoms with Gasteiger partial charge in [0.1, 0.15) is 5.75 Å². The van der Waals surface area contributed by atoms with Crippen molar-refractivity contribution in [2.75, 3.05) is 32.8 Å². The lowest BCUT2D eigenvalue weighted by atomic mass is 10.2. The number of morpholine rings is 1. The summed E-state index contributed by atoms with van der Waals surface area (Å²) in [6, 6.07) is 6.95. The molecule has 0 bridgehead atoms. The van der Waals surface area contributed by atoms with Gasteiger partial charge in [-0.3, -0.25) is 9.69 Å². The lowest BCUT2D eigenvalue weighted by molar-refractivity contribution is -0.123. The molecule has 0 saturated carbocycles. The molecular formula is C16H23ClN2O3. The average Bonchev–Trinajstić information content (AvgIpc) is 2.46. The Morgan fingerprint density at radius 2 is 1.95 bits per heavy atom. The van der Waals surface area contributed by atoms with Crippen molar-refractivity contribution < 1.29 is 14.3 Å². The molecule has 1 aromatic carbocycles. The summed E-state index contributed by atoms with van der Waals surface area (Å²) in [5.74, 6) is 0.514. The highest BCUT2D eigenvalue weighted by molar-refractivity contribution is 6.30. The van der Waals surface area contributed by atoms with Gasteiger partial charge in [-0.2, -0.15) is 0 Å². The molecule has 1 fully saturated rings. The molecule has 0 aromatic heterocycles. The van der Waals surface area contributed by atoms with Crippen LogP contribution in [0.1, 0.15) is 13.8 Å². The molecule has 0 radical (unpaired) electrons. The van der Waals surface area contributed by atoms with Crippen molar-refractivity contribution in [1.29, 1.82) is 0 Å². The van der Waals surface area contributed by atoms with E-state index >= 15 is 0 Å². The van der Waals surface area contributed by atoms with Crippen LogP contribution in [0.15, 0.2) is 24.3 Å². The summed E-state index contributed by atoms with van der Waals surface area (Å²) in [5, 5.41) is 3.51. The standard InChI is InChI=1S/C16H23ClN2O3/c1-12-9-19(10-13(2)22-12)8-7-18-16(20)11-21-15-5-3-14(17)4-6-15/h3-6,12-13H,7-11H2,1-2H3,(H,18,20). The lowest BCUT2D eigenvalue weighted by Gasteiger charge is -2.35. The van der Waals surface area contributed by atoms with E-state index in [1.165, 1.54) is 0 Å². The van der Waals surface area contributed by atoms with E-state index in [0.717, 1.165) is 19.6 Å². The van der Waals surface area contributed by atoms with Gasteiger partial charge in [-0.05, 0) is 38.1 Å². The number of nitrogens with zero attached hydrogens (tertiary/aromatic N) is 1. The number of carbonyl (C=O) groups excluding carboxylic acids is 1. The molecule has 0 spiro atoms. The van der Waals surface area contributed by atoms with Crippen LogP contribution in [0.4, 0.5) is 0 Å². The van der Waals surface area contributed by atoms with Gasteiger partial charge < -0.3 is 14.8 Å². The van der Waals surface area contributed by atoms with Crippen molar-refractivity contribution >= 4 is 17.5 Å². The molecule has 1 N–H and O–H groups in total. The summed E-state index contributed by atoms with van der Waals surface area (Å²) >= 11 is 5.79. The van der Waals surface area contributed by atoms with Crippen LogP contribution in [0.25, 0.3) is 0 Å². The number of hydrogen-bond acceptors (Lipinski definition) is 4. The number of rotatable bonds is 6. The van der Waals surface area contributed by atoms with Gasteiger partial charge in [-0.15, -0.1) is 0 Å². The Kier molecular flexibility index (Phi) is 6.49. The monoisotopic (exact) mass is 326 g/mol. The third-order valence-corrected chi connectivity index (χ3v) is 3.68. The predicted molar refractivity (Wildman–Crippen MR) is 86.4 cm³/mol. The zero-order valence-electron chi connectivity index (χ0n) is 13.0. The Morgan fingerprint density at radius 1 is 1.32 bits per heavy atom. The molecule has 5 nitrogen and oxygen atoms in total. The highest BCUT2D eigenvalue weighted by Crippen LogP contribution is 2.15. The van der Waals surface area contributed by atoms with E-state index in [9.17, 15) is 4.79 Å². The molecule has 1 aliphatic rings. The van der Waals surface area contributed by atoms with Crippen molar-refractivity contribution in [3.63, 3.8) is 0 Å². The van der Waals surface area contributed by atoms with Crippen LogP contribution in [0, 0.1) is 0 Å². The summed E-state index contributed by atoms with van der Waals surface area (Å²) in [6.45, 7) is 7.40. The van der Waals surface area contributed by atoms with E-state index in [1.54, 1.807) is 24.3 Å². The van der Waals surface area contributed by atoms with Gasteiger partial charge in [0.2, 0.25) is 0 Å². The maximum Gasteiger partial charge on any atom is 0.257 e. The molecular weight excluding hydrogens is 304 g/mol. The highest BCUT2D eigenvalue weighted by Gasteiger charge is 2.21. The fourth-order valence-corrected chi connectivity index (χ4v) is 2.68. The zero-order valence-corrected chi connectivity index (χ0v) is 13.8. The Morgan fingerprint density at radius 3 is 2.59 bits per heavy atom. The molecule has 2 rings (SSSR count). The maximum atomic E-state index is 11.7. The number of amides is 1. The maximum absolute atomic E-state index is 11.7. The smallest absolute Gasteiger partial charge is 0.257 e. The number of benzene rings is 1. The highest BCUT2D eigenvalue weighted by atomic mass is 35.5. The first-order chi connectivity index (χ1) is 10.5. The predicted octanol–water partition coefficient (Wildman–Crippen LogP) is 1.94. The Hall–Kier alpha value is -1.30. The van der Waals surface area contributed by atoms with Crippen molar-refractivity contribution in [1.82, 2.24) is 10.2 Å². The van der Waals surface area contributed by atoms with E-state index in [1.807, 2.05) is 0 Å². The summed E-state index contributed by atoms with van der Waals surface area (Å²) in [7, 11) is 0. The van der Waals surface area contributed by atoms with Gasteiger partial charge in [0.15, 0.2) is 6.61 Å². The minimum Gasteiger partial charge on any atom is -0.484 e. The summed E-state index contributed by atoms with van der Waals surface area (Å²) in [4.78, 5) is 14.1.